The third-order valence-electron chi connectivity index (χ3n) is 10.1. The number of carbonyl (C=O) groups excluding carboxylic acids is 4. The van der Waals surface area contributed by atoms with Gasteiger partial charge in [0.2, 0.25) is 17.8 Å². The highest BCUT2D eigenvalue weighted by atomic mass is 32.1. The first-order chi connectivity index (χ1) is 27.1. The number of pyridine rings is 1. The van der Waals surface area contributed by atoms with Crippen molar-refractivity contribution in [1.82, 2.24) is 35.1 Å². The van der Waals surface area contributed by atoms with Crippen LogP contribution in [0.15, 0.2) is 42.9 Å². The van der Waals surface area contributed by atoms with Crippen LogP contribution in [0.1, 0.15) is 44.2 Å². The Hall–Kier alpha value is -5.46. The SMILES string of the molecule is Cc1ncc(-c2ccc3nc(NC(=O)CN4CCN(c5ncc(OCC(=O)NCC(=O)N6CCC(O)C6)cn5)CC4)sc3c2)cc1NC(=O)OC1CCCCC1. The third-order valence-corrected chi connectivity index (χ3v) is 11.0. The molecule has 17 nitrogen and oxygen atoms in total. The number of fused-ring (bicyclic) bond motifs is 1. The van der Waals surface area contributed by atoms with Crippen LogP contribution in [-0.2, 0) is 19.1 Å². The van der Waals surface area contributed by atoms with Crippen LogP contribution in [0.25, 0.3) is 21.3 Å². The maximum absolute atomic E-state index is 13.0. The molecule has 3 fully saturated rings. The van der Waals surface area contributed by atoms with Crippen LogP contribution in [0.5, 0.6) is 5.75 Å². The second-order valence-electron chi connectivity index (χ2n) is 14.2. The van der Waals surface area contributed by atoms with E-state index in [4.69, 9.17) is 9.47 Å². The van der Waals surface area contributed by atoms with Crippen molar-refractivity contribution in [3.63, 3.8) is 0 Å². The molecule has 4 aromatic rings. The number of thiazole rings is 1. The van der Waals surface area contributed by atoms with E-state index in [0.29, 0.717) is 67.4 Å². The summed E-state index contributed by atoms with van der Waals surface area (Å²) in [6, 6.07) is 7.75. The number of aliphatic hydroxyl groups excluding tert-OH is 1. The molecule has 3 aliphatic rings. The molecule has 1 unspecified atom stereocenters. The molecule has 1 aromatic carbocycles. The number of aryl methyl sites for hydroxylation is 1. The zero-order chi connectivity index (χ0) is 39.0. The number of ether oxygens (including phenoxy) is 2. The van der Waals surface area contributed by atoms with Gasteiger partial charge in [-0.25, -0.2) is 19.7 Å². The van der Waals surface area contributed by atoms with Gasteiger partial charge in [-0.05, 0) is 62.8 Å². The molecule has 0 bridgehead atoms. The number of amides is 4. The van der Waals surface area contributed by atoms with E-state index in [-0.39, 0.29) is 44.2 Å². The van der Waals surface area contributed by atoms with Crippen LogP contribution < -0.4 is 25.6 Å². The number of nitrogens with zero attached hydrogens (tertiary/aromatic N) is 7. The molecule has 5 heterocycles. The molecule has 296 valence electrons. The number of β-amino-alcohol motifs (C(OH)–C–C–N with tert-alkyl or cyclic N) is 1. The van der Waals surface area contributed by atoms with Crippen molar-refractivity contribution >= 4 is 62.1 Å². The minimum absolute atomic E-state index is 0.0409. The number of aromatic nitrogens is 4. The summed E-state index contributed by atoms with van der Waals surface area (Å²) in [6.45, 7) is 4.87. The summed E-state index contributed by atoms with van der Waals surface area (Å²) in [5, 5.41) is 18.4. The van der Waals surface area contributed by atoms with Gasteiger partial charge in [-0.3, -0.25) is 29.6 Å². The van der Waals surface area contributed by atoms with E-state index in [9.17, 15) is 24.3 Å². The summed E-state index contributed by atoms with van der Waals surface area (Å²) in [5.74, 6) is -0.0138. The largest absolute Gasteiger partial charge is 0.481 e. The molecule has 0 radical (unpaired) electrons. The molecule has 0 spiro atoms. The quantitative estimate of drug-likeness (QED) is 0.163. The van der Waals surface area contributed by atoms with Gasteiger partial charge in [-0.15, -0.1) is 0 Å². The molecule has 3 aromatic heterocycles. The summed E-state index contributed by atoms with van der Waals surface area (Å²) >= 11 is 1.39. The van der Waals surface area contributed by atoms with Crippen molar-refractivity contribution < 1.29 is 33.8 Å². The third kappa shape index (κ3) is 10.2. The summed E-state index contributed by atoms with van der Waals surface area (Å²) in [4.78, 5) is 73.4. The van der Waals surface area contributed by atoms with Gasteiger partial charge in [-0.1, -0.05) is 23.8 Å². The highest BCUT2D eigenvalue weighted by Gasteiger charge is 2.25. The number of benzene rings is 1. The normalized spacial score (nSPS) is 17.8. The molecular formula is C38H46N10O7S. The molecule has 1 saturated carbocycles. The number of nitrogens with one attached hydrogen (secondary N) is 3. The first kappa shape index (κ1) is 38.8. The lowest BCUT2D eigenvalue weighted by Crippen LogP contribution is -2.49. The van der Waals surface area contributed by atoms with Crippen molar-refractivity contribution in [1.29, 1.82) is 0 Å². The number of anilines is 3. The van der Waals surface area contributed by atoms with Crippen molar-refractivity contribution in [3.05, 3.63) is 48.5 Å². The van der Waals surface area contributed by atoms with Gasteiger partial charge in [0.05, 0.1) is 53.2 Å². The van der Waals surface area contributed by atoms with E-state index in [1.165, 1.54) is 35.1 Å². The Morgan fingerprint density at radius 1 is 0.893 bits per heavy atom. The van der Waals surface area contributed by atoms with Crippen molar-refractivity contribution in [2.24, 2.45) is 0 Å². The molecule has 1 aliphatic carbocycles. The van der Waals surface area contributed by atoms with Crippen molar-refractivity contribution in [3.8, 4) is 16.9 Å². The van der Waals surface area contributed by atoms with Gasteiger partial charge >= 0.3 is 6.09 Å². The number of aliphatic hydroxyl groups is 1. The fraction of sp³-hybridized carbons (Fsp3) is 0.474. The Bertz CT molecular complexity index is 2030. The van der Waals surface area contributed by atoms with E-state index in [1.54, 1.807) is 6.20 Å². The van der Waals surface area contributed by atoms with Crippen LogP contribution in [0.2, 0.25) is 0 Å². The first-order valence-corrected chi connectivity index (χ1v) is 19.8. The topological polar surface area (TPSA) is 204 Å². The standard InChI is InChI=1S/C38H46N10O7S/c1-24-31(44-38(53)55-28-5-3-2-4-6-28)15-26(17-39-24)25-7-8-30-32(16-25)56-37(43-30)45-33(50)22-46-11-13-47(14-12-46)36-41-18-29(19-42-36)54-23-34(51)40-20-35(52)48-10-9-27(49)21-48/h7-8,15-19,27-28,49H,2-6,9-14,20-23H2,1H3,(H,40,51)(H,44,53)(H,43,45,50). The van der Waals surface area contributed by atoms with E-state index < -0.39 is 18.1 Å². The maximum Gasteiger partial charge on any atom is 0.411 e. The predicted molar refractivity (Wildman–Crippen MR) is 210 cm³/mol. The molecule has 2 saturated heterocycles. The fourth-order valence-corrected chi connectivity index (χ4v) is 7.84. The Balaban J connectivity index is 0.843. The number of carbonyl (C=O) groups is 4. The van der Waals surface area contributed by atoms with Crippen LogP contribution >= 0.6 is 11.3 Å². The Labute approximate surface area is 327 Å². The van der Waals surface area contributed by atoms with Crippen LogP contribution in [-0.4, -0.2) is 130 Å². The monoisotopic (exact) mass is 786 g/mol. The number of piperazine rings is 1. The van der Waals surface area contributed by atoms with E-state index in [2.05, 4.69) is 40.8 Å². The van der Waals surface area contributed by atoms with Gasteiger partial charge in [0, 0.05) is 51.0 Å². The Morgan fingerprint density at radius 2 is 1.68 bits per heavy atom. The molecule has 4 N–H and O–H groups in total. The van der Waals surface area contributed by atoms with Gasteiger partial charge in [0.1, 0.15) is 6.10 Å². The average Bonchev–Trinajstić information content (AvgIpc) is 3.83. The Kier molecular flexibility index (Phi) is 12.5. The summed E-state index contributed by atoms with van der Waals surface area (Å²) in [5.41, 5.74) is 3.81. The van der Waals surface area contributed by atoms with E-state index in [1.807, 2.05) is 36.1 Å². The van der Waals surface area contributed by atoms with E-state index in [0.717, 1.165) is 47.0 Å². The zero-order valence-corrected chi connectivity index (χ0v) is 32.1. The minimum atomic E-state index is -0.514. The molecule has 56 heavy (non-hydrogen) atoms. The summed E-state index contributed by atoms with van der Waals surface area (Å²) < 4.78 is 12.0. The number of rotatable bonds is 12. The number of hydrogen-bond acceptors (Lipinski definition) is 14. The molecule has 4 amide bonds. The molecule has 1 atom stereocenters. The molecule has 18 heteroatoms. The van der Waals surface area contributed by atoms with Crippen molar-refractivity contribution in [2.45, 2.75) is 57.7 Å². The highest BCUT2D eigenvalue weighted by molar-refractivity contribution is 7.22. The predicted octanol–water partition coefficient (Wildman–Crippen LogP) is 3.19. The Morgan fingerprint density at radius 3 is 2.43 bits per heavy atom. The lowest BCUT2D eigenvalue weighted by molar-refractivity contribution is -0.132. The van der Waals surface area contributed by atoms with Gasteiger partial charge in [0.25, 0.3) is 5.91 Å². The second kappa shape index (κ2) is 18.0. The second-order valence-corrected chi connectivity index (χ2v) is 15.3. The molecule has 2 aliphatic heterocycles. The van der Waals surface area contributed by atoms with Crippen LogP contribution in [0.3, 0.4) is 0 Å². The average molecular weight is 787 g/mol. The summed E-state index contributed by atoms with van der Waals surface area (Å²) in [6.07, 6.45) is 9.43. The van der Waals surface area contributed by atoms with Gasteiger partial charge in [-0.2, -0.15) is 0 Å². The minimum Gasteiger partial charge on any atom is -0.481 e. The van der Waals surface area contributed by atoms with Crippen LogP contribution in [0, 0.1) is 6.92 Å². The van der Waals surface area contributed by atoms with Crippen molar-refractivity contribution in [2.75, 3.05) is 74.5 Å². The summed E-state index contributed by atoms with van der Waals surface area (Å²) in [7, 11) is 0. The number of hydrogen-bond donors (Lipinski definition) is 4. The maximum atomic E-state index is 13.0. The molecule has 7 rings (SSSR count). The fourth-order valence-electron chi connectivity index (χ4n) is 6.92. The van der Waals surface area contributed by atoms with Gasteiger partial charge in [0.15, 0.2) is 17.5 Å². The van der Waals surface area contributed by atoms with E-state index >= 15 is 0 Å². The lowest BCUT2D eigenvalue weighted by atomic mass is 9.98. The van der Waals surface area contributed by atoms with Crippen LogP contribution in [0.4, 0.5) is 21.6 Å². The highest BCUT2D eigenvalue weighted by Crippen LogP contribution is 2.32. The smallest absolute Gasteiger partial charge is 0.411 e. The zero-order valence-electron chi connectivity index (χ0n) is 31.2. The number of likely N-dealkylation sites (tertiary alicyclic amines) is 1. The first-order valence-electron chi connectivity index (χ1n) is 18.9. The van der Waals surface area contributed by atoms with Gasteiger partial charge < -0.3 is 35.0 Å². The lowest BCUT2D eigenvalue weighted by Gasteiger charge is -2.34. The molecular weight excluding hydrogens is 741 g/mol.